The van der Waals surface area contributed by atoms with Crippen molar-refractivity contribution >= 4 is 23.1 Å². The van der Waals surface area contributed by atoms with Gasteiger partial charge in [0.1, 0.15) is 29.1 Å². The number of carbonyl (C=O) groups excluding carboxylic acids is 2. The molecule has 4 rings (SSSR count). The van der Waals surface area contributed by atoms with Crippen LogP contribution < -0.4 is 9.64 Å². The number of aliphatic hydroxyl groups excluding tert-OH is 1. The van der Waals surface area contributed by atoms with E-state index in [1.165, 1.54) is 4.90 Å². The van der Waals surface area contributed by atoms with Gasteiger partial charge in [0, 0.05) is 11.3 Å². The Labute approximate surface area is 186 Å². The van der Waals surface area contributed by atoms with Crippen molar-refractivity contribution in [2.75, 3.05) is 4.90 Å². The molecular formula is C26H25NO5. The fourth-order valence-electron chi connectivity index (χ4n) is 3.90. The summed E-state index contributed by atoms with van der Waals surface area (Å²) in [6.07, 6.45) is 0.00605. The van der Waals surface area contributed by atoms with E-state index in [0.717, 1.165) is 5.56 Å². The number of benzene rings is 2. The van der Waals surface area contributed by atoms with Gasteiger partial charge >= 0.3 is 0 Å². The number of amides is 1. The first-order chi connectivity index (χ1) is 15.3. The molecule has 1 atom stereocenters. The van der Waals surface area contributed by atoms with Gasteiger partial charge in [-0.25, -0.2) is 0 Å². The quantitative estimate of drug-likeness (QED) is 0.336. The number of carbonyl (C=O) groups is 2. The molecule has 1 amide bonds. The SMILES string of the molecule is Cc1ccc(C2/C(=C(/O)c3ccc(OC(C)C)c(C)c3)C(=O)C(=O)N2c2ccccc2)o1. The number of anilines is 1. The van der Waals surface area contributed by atoms with E-state index in [-0.39, 0.29) is 17.4 Å². The number of aliphatic hydroxyl groups is 1. The number of ketones is 1. The van der Waals surface area contributed by atoms with E-state index >= 15 is 0 Å². The van der Waals surface area contributed by atoms with Crippen molar-refractivity contribution in [2.24, 2.45) is 0 Å². The van der Waals surface area contributed by atoms with E-state index in [1.54, 1.807) is 61.5 Å². The molecule has 3 aromatic rings. The molecule has 1 N–H and O–H groups in total. The summed E-state index contributed by atoms with van der Waals surface area (Å²) in [4.78, 5) is 27.5. The fourth-order valence-corrected chi connectivity index (χ4v) is 3.90. The van der Waals surface area contributed by atoms with Gasteiger partial charge in [-0.15, -0.1) is 0 Å². The molecule has 2 heterocycles. The van der Waals surface area contributed by atoms with Gasteiger partial charge in [-0.3, -0.25) is 14.5 Å². The summed E-state index contributed by atoms with van der Waals surface area (Å²) < 4.78 is 11.6. The van der Waals surface area contributed by atoms with Gasteiger partial charge in [-0.05, 0) is 75.7 Å². The smallest absolute Gasteiger partial charge is 0.300 e. The molecule has 6 nitrogen and oxygen atoms in total. The maximum atomic E-state index is 13.1. The highest BCUT2D eigenvalue weighted by atomic mass is 16.5. The van der Waals surface area contributed by atoms with E-state index in [0.29, 0.717) is 28.5 Å². The van der Waals surface area contributed by atoms with E-state index in [2.05, 4.69) is 0 Å². The van der Waals surface area contributed by atoms with Gasteiger partial charge < -0.3 is 14.3 Å². The molecule has 0 saturated carbocycles. The van der Waals surface area contributed by atoms with Crippen molar-refractivity contribution in [1.82, 2.24) is 0 Å². The molecule has 1 saturated heterocycles. The Morgan fingerprint density at radius 3 is 2.34 bits per heavy atom. The lowest BCUT2D eigenvalue weighted by molar-refractivity contribution is -0.132. The van der Waals surface area contributed by atoms with E-state index in [4.69, 9.17) is 9.15 Å². The van der Waals surface area contributed by atoms with Crippen LogP contribution in [0.3, 0.4) is 0 Å². The Bertz CT molecular complexity index is 1210. The summed E-state index contributed by atoms with van der Waals surface area (Å²) in [5, 5.41) is 11.2. The number of nitrogens with zero attached hydrogens (tertiary/aromatic N) is 1. The van der Waals surface area contributed by atoms with Crippen LogP contribution in [0, 0.1) is 13.8 Å². The van der Waals surface area contributed by atoms with Gasteiger partial charge in [-0.1, -0.05) is 18.2 Å². The first-order valence-electron chi connectivity index (χ1n) is 10.5. The monoisotopic (exact) mass is 431 g/mol. The van der Waals surface area contributed by atoms with E-state index in [1.807, 2.05) is 26.8 Å². The van der Waals surface area contributed by atoms with Gasteiger partial charge in [0.05, 0.1) is 11.7 Å². The third kappa shape index (κ3) is 3.80. The predicted octanol–water partition coefficient (Wildman–Crippen LogP) is 5.31. The Balaban J connectivity index is 1.87. The largest absolute Gasteiger partial charge is 0.507 e. The van der Waals surface area contributed by atoms with E-state index < -0.39 is 17.7 Å². The molecule has 0 aliphatic carbocycles. The zero-order valence-electron chi connectivity index (χ0n) is 18.5. The van der Waals surface area contributed by atoms with Crippen molar-refractivity contribution in [1.29, 1.82) is 0 Å². The molecule has 1 aliphatic rings. The molecule has 1 aliphatic heterocycles. The van der Waals surface area contributed by atoms with Gasteiger partial charge in [0.25, 0.3) is 11.7 Å². The number of ether oxygens (including phenoxy) is 1. The van der Waals surface area contributed by atoms with Crippen LogP contribution in [0.1, 0.15) is 42.5 Å². The lowest BCUT2D eigenvalue weighted by atomic mass is 9.98. The topological polar surface area (TPSA) is 80.0 Å². The second-order valence-corrected chi connectivity index (χ2v) is 8.10. The van der Waals surface area contributed by atoms with Gasteiger partial charge in [0.2, 0.25) is 0 Å². The van der Waals surface area contributed by atoms with Crippen molar-refractivity contribution in [3.8, 4) is 5.75 Å². The van der Waals surface area contributed by atoms with Crippen LogP contribution in [0.4, 0.5) is 5.69 Å². The van der Waals surface area contributed by atoms with Crippen molar-refractivity contribution in [3.63, 3.8) is 0 Å². The van der Waals surface area contributed by atoms with Crippen LogP contribution in [0.15, 0.2) is 70.7 Å². The van der Waals surface area contributed by atoms with Crippen LogP contribution in [0.5, 0.6) is 5.75 Å². The minimum Gasteiger partial charge on any atom is -0.507 e. The zero-order chi connectivity index (χ0) is 23.0. The molecule has 1 aromatic heterocycles. The maximum Gasteiger partial charge on any atom is 0.300 e. The zero-order valence-corrected chi connectivity index (χ0v) is 18.5. The predicted molar refractivity (Wildman–Crippen MR) is 122 cm³/mol. The molecule has 164 valence electrons. The Kier molecular flexibility index (Phi) is 5.61. The Hall–Kier alpha value is -3.80. The molecule has 6 heteroatoms. The first-order valence-corrected chi connectivity index (χ1v) is 10.5. The van der Waals surface area contributed by atoms with Gasteiger partial charge in [0.15, 0.2) is 0 Å². The number of furan rings is 1. The highest BCUT2D eigenvalue weighted by Gasteiger charge is 2.48. The number of hydrogen-bond donors (Lipinski definition) is 1. The number of hydrogen-bond acceptors (Lipinski definition) is 5. The van der Waals surface area contributed by atoms with Crippen LogP contribution in [0.2, 0.25) is 0 Å². The number of para-hydroxylation sites is 1. The molecule has 0 radical (unpaired) electrons. The van der Waals surface area contributed by atoms with Crippen LogP contribution in [0.25, 0.3) is 5.76 Å². The summed E-state index contributed by atoms with van der Waals surface area (Å²) >= 11 is 0. The fraction of sp³-hybridized carbons (Fsp3) is 0.231. The number of rotatable bonds is 5. The van der Waals surface area contributed by atoms with Crippen LogP contribution in [-0.4, -0.2) is 22.9 Å². The minimum atomic E-state index is -0.877. The minimum absolute atomic E-state index is 0.00605. The standard InChI is InChI=1S/C26H25NO5/c1-15(2)31-20-13-11-18(14-16(20)3)24(28)22-23(21-12-10-17(4)32-21)27(26(30)25(22)29)19-8-6-5-7-9-19/h5-15,23,28H,1-4H3/b24-22-. The normalized spacial score (nSPS) is 17.9. The van der Waals surface area contributed by atoms with Crippen molar-refractivity contribution in [3.05, 3.63) is 88.9 Å². The summed E-state index contributed by atoms with van der Waals surface area (Å²) in [5.41, 5.74) is 1.78. The molecular weight excluding hydrogens is 406 g/mol. The first kappa shape index (κ1) is 21.4. The third-order valence-electron chi connectivity index (χ3n) is 5.32. The molecule has 0 spiro atoms. The number of aryl methyl sites for hydroxylation is 2. The molecule has 1 fully saturated rings. The summed E-state index contributed by atoms with van der Waals surface area (Å²) in [6.45, 7) is 7.52. The summed E-state index contributed by atoms with van der Waals surface area (Å²) in [5.74, 6) is 0.0200. The lowest BCUT2D eigenvalue weighted by Crippen LogP contribution is -2.29. The highest BCUT2D eigenvalue weighted by molar-refractivity contribution is 6.51. The second kappa shape index (κ2) is 8.38. The summed E-state index contributed by atoms with van der Waals surface area (Å²) in [7, 11) is 0. The molecule has 0 bridgehead atoms. The Morgan fingerprint density at radius 2 is 1.75 bits per heavy atom. The van der Waals surface area contributed by atoms with E-state index in [9.17, 15) is 14.7 Å². The molecule has 2 aromatic carbocycles. The molecule has 32 heavy (non-hydrogen) atoms. The van der Waals surface area contributed by atoms with Crippen molar-refractivity contribution in [2.45, 2.75) is 39.8 Å². The average molecular weight is 431 g/mol. The highest BCUT2D eigenvalue weighted by Crippen LogP contribution is 2.42. The third-order valence-corrected chi connectivity index (χ3v) is 5.32. The second-order valence-electron chi connectivity index (χ2n) is 8.10. The van der Waals surface area contributed by atoms with Crippen molar-refractivity contribution < 1.29 is 23.8 Å². The maximum absolute atomic E-state index is 13.1. The van der Waals surface area contributed by atoms with Gasteiger partial charge in [-0.2, -0.15) is 0 Å². The Morgan fingerprint density at radius 1 is 1.03 bits per heavy atom. The number of Topliss-reactive ketones (excluding diaryl/α,β-unsaturated/α-hetero) is 1. The summed E-state index contributed by atoms with van der Waals surface area (Å²) in [6, 6.07) is 16.7. The average Bonchev–Trinajstić information content (AvgIpc) is 3.30. The van der Waals surface area contributed by atoms with Crippen LogP contribution in [-0.2, 0) is 9.59 Å². The molecule has 1 unspecified atom stereocenters. The van der Waals surface area contributed by atoms with Crippen LogP contribution >= 0.6 is 0 Å². The lowest BCUT2D eigenvalue weighted by Gasteiger charge is -2.23.